The van der Waals surface area contributed by atoms with Crippen LogP contribution in [0.25, 0.3) is 0 Å². The van der Waals surface area contributed by atoms with Crippen molar-refractivity contribution >= 4 is 33.8 Å². The molecule has 2 heterocycles. The molecule has 8 heteroatoms. The molecule has 0 atom stereocenters. The Kier molecular flexibility index (Phi) is 3.01. The molecule has 0 unspecified atom stereocenters. The van der Waals surface area contributed by atoms with Crippen molar-refractivity contribution in [2.24, 2.45) is 0 Å². The van der Waals surface area contributed by atoms with Crippen LogP contribution >= 0.6 is 11.3 Å². The topological polar surface area (TPSA) is 114 Å². The lowest BCUT2D eigenvalue weighted by Gasteiger charge is -1.99. The zero-order valence-corrected chi connectivity index (χ0v) is 11.6. The maximum atomic E-state index is 12.1. The highest BCUT2D eigenvalue weighted by atomic mass is 32.1. The second-order valence-electron chi connectivity index (χ2n) is 4.72. The number of nitrogens with one attached hydrogen (secondary N) is 2. The Morgan fingerprint density at radius 1 is 1.50 bits per heavy atom. The number of hydrogen-bond donors (Lipinski definition) is 3. The van der Waals surface area contributed by atoms with Crippen molar-refractivity contribution in [2.75, 3.05) is 11.1 Å². The summed E-state index contributed by atoms with van der Waals surface area (Å²) in [5.41, 5.74) is 7.66. The van der Waals surface area contributed by atoms with Gasteiger partial charge >= 0.3 is 0 Å². The SMILES string of the molecule is CC(=O)c1csc(NC(=O)c2n[nH]c(C3CC3)c2N)n1. The molecule has 20 heavy (non-hydrogen) atoms. The van der Waals surface area contributed by atoms with Gasteiger partial charge in [0.05, 0.1) is 11.4 Å². The fraction of sp³-hybridized carbons (Fsp3) is 0.333. The number of H-pyrrole nitrogens is 1. The van der Waals surface area contributed by atoms with E-state index in [9.17, 15) is 9.59 Å². The van der Waals surface area contributed by atoms with E-state index in [2.05, 4.69) is 20.5 Å². The Bertz CT molecular complexity index is 686. The number of nitrogen functional groups attached to an aromatic ring is 1. The molecule has 0 radical (unpaired) electrons. The van der Waals surface area contributed by atoms with Crippen LogP contribution in [0, 0.1) is 0 Å². The largest absolute Gasteiger partial charge is 0.395 e. The normalized spacial score (nSPS) is 14.2. The van der Waals surface area contributed by atoms with E-state index in [1.54, 1.807) is 5.38 Å². The van der Waals surface area contributed by atoms with Crippen LogP contribution < -0.4 is 11.1 Å². The number of aromatic nitrogens is 3. The van der Waals surface area contributed by atoms with Gasteiger partial charge < -0.3 is 5.73 Å². The van der Waals surface area contributed by atoms with Gasteiger partial charge in [0.15, 0.2) is 16.6 Å². The third-order valence-electron chi connectivity index (χ3n) is 3.12. The van der Waals surface area contributed by atoms with Gasteiger partial charge in [0.25, 0.3) is 5.91 Å². The van der Waals surface area contributed by atoms with Crippen LogP contribution in [0.2, 0.25) is 0 Å². The van der Waals surface area contributed by atoms with Gasteiger partial charge in [-0.15, -0.1) is 11.3 Å². The van der Waals surface area contributed by atoms with Crippen molar-refractivity contribution in [3.63, 3.8) is 0 Å². The zero-order chi connectivity index (χ0) is 14.3. The molecule has 0 spiro atoms. The van der Waals surface area contributed by atoms with Gasteiger partial charge in [0, 0.05) is 18.2 Å². The summed E-state index contributed by atoms with van der Waals surface area (Å²) in [6.45, 7) is 1.42. The average Bonchev–Trinajstić information content (AvgIpc) is 3.00. The molecular formula is C12H13N5O2S. The summed E-state index contributed by atoms with van der Waals surface area (Å²) in [6.07, 6.45) is 2.14. The van der Waals surface area contributed by atoms with Crippen molar-refractivity contribution < 1.29 is 9.59 Å². The molecule has 0 bridgehead atoms. The van der Waals surface area contributed by atoms with Crippen LogP contribution in [0.3, 0.4) is 0 Å². The van der Waals surface area contributed by atoms with Crippen LogP contribution in [0.4, 0.5) is 10.8 Å². The van der Waals surface area contributed by atoms with Gasteiger partial charge in [-0.05, 0) is 12.8 Å². The van der Waals surface area contributed by atoms with Crippen LogP contribution in [-0.4, -0.2) is 26.9 Å². The Morgan fingerprint density at radius 2 is 2.25 bits per heavy atom. The number of ketones is 1. The quantitative estimate of drug-likeness (QED) is 0.743. The smallest absolute Gasteiger partial charge is 0.280 e. The van der Waals surface area contributed by atoms with E-state index in [1.165, 1.54) is 18.3 Å². The molecule has 2 aromatic heterocycles. The van der Waals surface area contributed by atoms with Crippen molar-refractivity contribution in [1.29, 1.82) is 0 Å². The molecular weight excluding hydrogens is 278 g/mol. The number of thiazole rings is 1. The molecule has 1 aliphatic carbocycles. The first-order chi connectivity index (χ1) is 9.56. The highest BCUT2D eigenvalue weighted by Crippen LogP contribution is 2.42. The summed E-state index contributed by atoms with van der Waals surface area (Å²) in [5, 5.41) is 11.3. The molecule has 1 aliphatic rings. The Balaban J connectivity index is 1.76. The van der Waals surface area contributed by atoms with E-state index >= 15 is 0 Å². The number of rotatable bonds is 4. The molecule has 0 aromatic carbocycles. The van der Waals surface area contributed by atoms with Crippen LogP contribution in [0.15, 0.2) is 5.38 Å². The maximum absolute atomic E-state index is 12.1. The highest BCUT2D eigenvalue weighted by molar-refractivity contribution is 7.14. The number of nitrogens with zero attached hydrogens (tertiary/aromatic N) is 2. The van der Waals surface area contributed by atoms with E-state index in [4.69, 9.17) is 5.73 Å². The fourth-order valence-corrected chi connectivity index (χ4v) is 2.61. The monoisotopic (exact) mass is 291 g/mol. The minimum atomic E-state index is -0.421. The van der Waals surface area contributed by atoms with Gasteiger partial charge in [-0.3, -0.25) is 20.0 Å². The molecule has 1 fully saturated rings. The van der Waals surface area contributed by atoms with Crippen molar-refractivity contribution in [3.8, 4) is 0 Å². The van der Waals surface area contributed by atoms with Crippen molar-refractivity contribution in [1.82, 2.24) is 15.2 Å². The van der Waals surface area contributed by atoms with Gasteiger partial charge in [-0.25, -0.2) is 4.98 Å². The summed E-state index contributed by atoms with van der Waals surface area (Å²) in [5.74, 6) is -0.166. The number of carbonyl (C=O) groups excluding carboxylic acids is 2. The molecule has 1 amide bonds. The molecule has 104 valence electrons. The maximum Gasteiger partial charge on any atom is 0.280 e. The first kappa shape index (κ1) is 12.8. The number of nitrogens with two attached hydrogens (primary N) is 1. The van der Waals surface area contributed by atoms with Crippen LogP contribution in [-0.2, 0) is 0 Å². The van der Waals surface area contributed by atoms with Gasteiger partial charge in [-0.2, -0.15) is 5.10 Å². The van der Waals surface area contributed by atoms with E-state index in [1.807, 2.05) is 0 Å². The lowest BCUT2D eigenvalue weighted by Crippen LogP contribution is -2.14. The Labute approximate surface area is 118 Å². The number of Topliss-reactive ketones (excluding diaryl/α,β-unsaturated/α-hetero) is 1. The lowest BCUT2D eigenvalue weighted by molar-refractivity contribution is 0.100. The zero-order valence-electron chi connectivity index (χ0n) is 10.8. The second kappa shape index (κ2) is 4.71. The fourth-order valence-electron chi connectivity index (χ4n) is 1.87. The summed E-state index contributed by atoms with van der Waals surface area (Å²) in [6, 6.07) is 0. The molecule has 4 N–H and O–H groups in total. The summed E-state index contributed by atoms with van der Waals surface area (Å²) < 4.78 is 0. The Hall–Kier alpha value is -2.22. The molecule has 7 nitrogen and oxygen atoms in total. The third-order valence-corrected chi connectivity index (χ3v) is 3.88. The molecule has 0 aliphatic heterocycles. The summed E-state index contributed by atoms with van der Waals surface area (Å²) in [4.78, 5) is 27.2. The van der Waals surface area contributed by atoms with Crippen molar-refractivity contribution in [3.05, 3.63) is 22.5 Å². The third kappa shape index (κ3) is 2.29. The summed E-state index contributed by atoms with van der Waals surface area (Å²) in [7, 11) is 0. The first-order valence-electron chi connectivity index (χ1n) is 6.18. The van der Waals surface area contributed by atoms with Gasteiger partial charge in [-0.1, -0.05) is 0 Å². The minimum Gasteiger partial charge on any atom is -0.395 e. The predicted molar refractivity (Wildman–Crippen MR) is 75.0 cm³/mol. The first-order valence-corrected chi connectivity index (χ1v) is 7.05. The standard InChI is InChI=1S/C12H13N5O2S/c1-5(18)7-4-20-12(14-7)15-11(19)10-8(13)9(16-17-10)6-2-3-6/h4,6H,2-3,13H2,1H3,(H,16,17)(H,14,15,19). The summed E-state index contributed by atoms with van der Waals surface area (Å²) >= 11 is 1.19. The van der Waals surface area contributed by atoms with Gasteiger partial charge in [0.2, 0.25) is 0 Å². The predicted octanol–water partition coefficient (Wildman–Crippen LogP) is 1.78. The lowest BCUT2D eigenvalue weighted by atomic mass is 10.2. The Morgan fingerprint density at radius 3 is 2.85 bits per heavy atom. The number of aromatic amines is 1. The van der Waals surface area contributed by atoms with E-state index in [0.29, 0.717) is 22.4 Å². The molecule has 3 rings (SSSR count). The number of carbonyl (C=O) groups is 2. The van der Waals surface area contributed by atoms with Crippen LogP contribution in [0.5, 0.6) is 0 Å². The van der Waals surface area contributed by atoms with E-state index < -0.39 is 5.91 Å². The molecule has 1 saturated carbocycles. The number of hydrogen-bond acceptors (Lipinski definition) is 6. The van der Waals surface area contributed by atoms with Crippen molar-refractivity contribution in [2.45, 2.75) is 25.7 Å². The number of anilines is 2. The highest BCUT2D eigenvalue weighted by Gasteiger charge is 2.30. The van der Waals surface area contributed by atoms with Crippen LogP contribution in [0.1, 0.15) is 52.4 Å². The van der Waals surface area contributed by atoms with E-state index in [0.717, 1.165) is 18.5 Å². The second-order valence-corrected chi connectivity index (χ2v) is 5.58. The molecule has 2 aromatic rings. The van der Waals surface area contributed by atoms with E-state index in [-0.39, 0.29) is 11.5 Å². The molecule has 0 saturated heterocycles. The number of amides is 1. The minimum absolute atomic E-state index is 0.142. The van der Waals surface area contributed by atoms with Gasteiger partial charge in [0.1, 0.15) is 5.69 Å². The average molecular weight is 291 g/mol.